The molecule has 750 valence electrons. The van der Waals surface area contributed by atoms with Gasteiger partial charge in [0.25, 0.3) is 23.6 Å². The number of ether oxygens (including phenoxy) is 9. The summed E-state index contributed by atoms with van der Waals surface area (Å²) in [6, 6.07) is 27.9. The number of carbonyl (C=O) groups excluding carboxylic acids is 6. The lowest BCUT2D eigenvalue weighted by Crippen LogP contribution is -2.41. The van der Waals surface area contributed by atoms with Crippen molar-refractivity contribution in [3.63, 3.8) is 0 Å². The van der Waals surface area contributed by atoms with Crippen molar-refractivity contribution in [2.24, 2.45) is 40.9 Å². The predicted molar refractivity (Wildman–Crippen MR) is 523 cm³/mol. The number of aromatic nitrogens is 8. The minimum Gasteiger partial charge on any atom is -0.496 e. The van der Waals surface area contributed by atoms with Crippen LogP contribution in [0.1, 0.15) is 285 Å². The van der Waals surface area contributed by atoms with Crippen LogP contribution in [0.25, 0.3) is 45.0 Å². The first kappa shape index (κ1) is 110. The Kier molecular flexibility index (Phi) is 41.7. The zero-order valence-corrected chi connectivity index (χ0v) is 84.2. The van der Waals surface area contributed by atoms with Gasteiger partial charge in [0.05, 0.1) is 152 Å². The predicted octanol–water partition coefficient (Wildman–Crippen LogP) is 17.8. The Morgan fingerprint density at radius 2 is 0.715 bits per heavy atom. The molecule has 4 aromatic carbocycles. The van der Waals surface area contributed by atoms with Gasteiger partial charge in [0.1, 0.15) is 52.5 Å². The number of amides is 5. The molecule has 0 bridgehead atoms. The third kappa shape index (κ3) is 30.2. The molecule has 34 heteroatoms. The highest BCUT2D eigenvalue weighted by Gasteiger charge is 2.38. The van der Waals surface area contributed by atoms with Crippen molar-refractivity contribution in [3.8, 4) is 91.0 Å². The first-order valence-electron chi connectivity index (χ1n) is 47.7. The van der Waals surface area contributed by atoms with Crippen LogP contribution in [0.5, 0.6) is 46.0 Å². The smallest absolute Gasteiger partial charge is 0.325 e. The summed E-state index contributed by atoms with van der Waals surface area (Å²) in [5, 5.41) is 60.8. The molecule has 5 amide bonds. The molecule has 0 radical (unpaired) electrons. The van der Waals surface area contributed by atoms with E-state index >= 15 is 0 Å². The van der Waals surface area contributed by atoms with Gasteiger partial charge in [-0.15, -0.1) is 0 Å². The van der Waals surface area contributed by atoms with E-state index in [-0.39, 0.29) is 132 Å². The largest absolute Gasteiger partial charge is 0.496 e. The summed E-state index contributed by atoms with van der Waals surface area (Å²) < 4.78 is 57.2. The molecule has 4 heterocycles. The van der Waals surface area contributed by atoms with Gasteiger partial charge < -0.3 is 84.5 Å². The molecule has 11 rings (SSSR count). The summed E-state index contributed by atoms with van der Waals surface area (Å²) in [7, 11) is 14.1. The van der Waals surface area contributed by atoms with Crippen molar-refractivity contribution in [2.45, 2.75) is 267 Å². The summed E-state index contributed by atoms with van der Waals surface area (Å²) in [4.78, 5) is 111. The number of esters is 1. The number of nitrogens with zero attached hydrogens (tertiary/aromatic N) is 8. The van der Waals surface area contributed by atoms with Gasteiger partial charge in [0.15, 0.2) is 22.8 Å². The molecule has 3 fully saturated rings. The van der Waals surface area contributed by atoms with Crippen LogP contribution in [-0.4, -0.2) is 203 Å². The van der Waals surface area contributed by atoms with E-state index in [9.17, 15) is 58.5 Å². The van der Waals surface area contributed by atoms with E-state index in [1.165, 1.54) is 7.11 Å². The van der Waals surface area contributed by atoms with Gasteiger partial charge in [-0.05, 0) is 198 Å². The number of nitrogens with one attached hydrogen (secondary N) is 5. The molecule has 3 aliphatic rings. The Balaban J connectivity index is 0.000000225. The average Bonchev–Trinajstić information content (AvgIpc) is 1.65. The van der Waals surface area contributed by atoms with Gasteiger partial charge in [0.2, 0.25) is 5.91 Å². The molecular weight excluding hydrogens is 1760 g/mol. The fraction of sp³-hybridized carbons (Fsp3) is 0.563. The number of benzene rings is 4. The molecular formula is C103H147N13O21. The van der Waals surface area contributed by atoms with Crippen LogP contribution in [0.15, 0.2) is 97.1 Å². The monoisotopic (exact) mass is 1900 g/mol. The third-order valence-corrected chi connectivity index (χ3v) is 25.5. The second kappa shape index (κ2) is 52.0. The Hall–Kier alpha value is -12.7. The Morgan fingerprint density at radius 1 is 0.401 bits per heavy atom. The van der Waals surface area contributed by atoms with Crippen LogP contribution in [0.4, 0.5) is 0 Å². The zero-order chi connectivity index (χ0) is 101. The minimum absolute atomic E-state index is 0.0219. The fourth-order valence-corrected chi connectivity index (χ4v) is 18.2. The van der Waals surface area contributed by atoms with Gasteiger partial charge in [0, 0.05) is 30.6 Å². The van der Waals surface area contributed by atoms with E-state index in [0.717, 1.165) is 104 Å². The van der Waals surface area contributed by atoms with Crippen molar-refractivity contribution >= 4 is 53.4 Å². The normalized spacial score (nSPS) is 16.3. The lowest BCUT2D eigenvalue weighted by molar-refractivity contribution is -0.141. The van der Waals surface area contributed by atoms with Gasteiger partial charge in [-0.25, -0.2) is 0 Å². The van der Waals surface area contributed by atoms with E-state index in [1.807, 2.05) is 147 Å². The molecule has 137 heavy (non-hydrogen) atoms. The van der Waals surface area contributed by atoms with Crippen LogP contribution >= 0.6 is 0 Å². The number of aliphatic carboxylic acids is 3. The highest BCUT2D eigenvalue weighted by Crippen LogP contribution is 2.49. The number of hydrogen-bond donors (Lipinski definition) is 8. The maximum absolute atomic E-state index is 13.5. The Labute approximate surface area is 805 Å². The highest BCUT2D eigenvalue weighted by molar-refractivity contribution is 5.97. The highest BCUT2D eigenvalue weighted by atomic mass is 16.5. The van der Waals surface area contributed by atoms with Crippen molar-refractivity contribution in [2.75, 3.05) is 70.5 Å². The van der Waals surface area contributed by atoms with E-state index in [0.29, 0.717) is 94.8 Å². The second-order valence-corrected chi connectivity index (χ2v) is 38.1. The van der Waals surface area contributed by atoms with E-state index in [1.54, 1.807) is 81.1 Å². The molecule has 3 aliphatic carbocycles. The molecule has 0 aliphatic heterocycles. The Bertz CT molecular complexity index is 5260. The standard InChI is InChI=1S/C29H44N4O6.2C25H35N3O5.C24H33N3O5/c1-10-29(5,6)19(4)33-22(27-23(37-7)12-11-13-24(27)38-8)16-21(32-33)28(36)31-20(14-18(2)3)15-25(34)30-17-26(35)39-9;1-15(2)12-17(13-23(29)30)26-25(31)18-14-20(28(27-18)19-9-6-8-16(19)3)24-21(32-4)10-7-11-22(24)33-5;1-15(2)11-17(13-23(29)30)26-25(31)19-14-20(28(27-19)18-10-9-16(3)12-18)24-21(32-4)7-6-8-22(24)33-5;1-15(2)12-16(13-22(28)29)25-24(30)18-14-19(27(26-18)17-8-5-6-9-17)23-20(31-3)10-7-11-21(23)32-4/h11-13,16,18-20H,10,14-15,17H2,1-9H3,(H,30,34)(H,31,36);7,10-11,14-17,19H,6,8-9,12-13H2,1-5H3,(H,26,31)(H,29,30);6-8,14-18H,9-13H2,1-5H3,(H,26,31)(H,29,30);7,10-11,14-17H,5-6,8-9,12-13H2,1-4H3,(H,25,30)(H,28,29)/t19?,20-;16?,17-,19?;16?,17-,18?;16-/m0000/s1. The van der Waals surface area contributed by atoms with Crippen LogP contribution in [-0.2, 0) is 28.7 Å². The molecule has 8 N–H and O–H groups in total. The number of carbonyl (C=O) groups is 9. The van der Waals surface area contributed by atoms with Gasteiger partial charge in [-0.1, -0.05) is 134 Å². The molecule has 5 unspecified atom stereocenters. The number of methoxy groups -OCH3 is 9. The molecule has 0 spiro atoms. The number of hydrogen-bond acceptors (Lipinski definition) is 22. The van der Waals surface area contributed by atoms with Crippen molar-refractivity contribution in [1.82, 2.24) is 65.7 Å². The van der Waals surface area contributed by atoms with Crippen molar-refractivity contribution < 1.29 is 101 Å². The van der Waals surface area contributed by atoms with Crippen LogP contribution < -0.4 is 64.5 Å². The summed E-state index contributed by atoms with van der Waals surface area (Å²) >= 11 is 0. The maximum atomic E-state index is 13.5. The second-order valence-electron chi connectivity index (χ2n) is 38.1. The lowest BCUT2D eigenvalue weighted by atomic mass is 9.83. The topological polar surface area (TPSA) is 429 Å². The first-order valence-corrected chi connectivity index (χ1v) is 47.7. The van der Waals surface area contributed by atoms with E-state index in [4.69, 9.17) is 53.2 Å². The molecule has 9 atom stereocenters. The summed E-state index contributed by atoms with van der Waals surface area (Å²) in [5.41, 5.74) is 6.80. The van der Waals surface area contributed by atoms with Gasteiger partial charge >= 0.3 is 23.9 Å². The molecule has 34 nitrogen and oxygen atoms in total. The van der Waals surface area contributed by atoms with Gasteiger partial charge in [-0.3, -0.25) is 61.9 Å². The number of carboxylic acids is 3. The van der Waals surface area contributed by atoms with Crippen LogP contribution in [0, 0.1) is 40.9 Å². The van der Waals surface area contributed by atoms with Crippen molar-refractivity contribution in [3.05, 3.63) is 120 Å². The van der Waals surface area contributed by atoms with E-state index < -0.39 is 54.0 Å². The van der Waals surface area contributed by atoms with Crippen LogP contribution in [0.3, 0.4) is 0 Å². The van der Waals surface area contributed by atoms with E-state index in [2.05, 4.69) is 78.0 Å². The molecule has 3 saturated carbocycles. The SMILES string of the molecule is CCC(C)(C)C(C)n1nc(C(=O)N[C@H](CC(=O)NCC(=O)OC)CC(C)C)cc1-c1c(OC)cccc1OC.COc1cccc(OC)c1-c1cc(C(=O)N[C@H](CC(=O)O)CC(C)C)nn1C1CCC(C)C1.COc1cccc(OC)c1-c1cc(C(=O)N[C@H](CC(=O)O)CC(C)C)nn1C1CCCC1.COc1cccc(OC)c1-c1cc(C(=O)N[C@H](CC(=O)O)CC(C)C)nn1C1CCCC1C. The van der Waals surface area contributed by atoms with Gasteiger partial charge in [-0.2, -0.15) is 20.4 Å². The third-order valence-electron chi connectivity index (χ3n) is 25.5. The summed E-state index contributed by atoms with van der Waals surface area (Å²) in [6.07, 6.45) is 13.3. The Morgan fingerprint density at radius 3 is 1.01 bits per heavy atom. The lowest BCUT2D eigenvalue weighted by Gasteiger charge is -2.32. The molecule has 0 saturated heterocycles. The fourth-order valence-electron chi connectivity index (χ4n) is 18.2. The van der Waals surface area contributed by atoms with Crippen LogP contribution in [0.2, 0.25) is 0 Å². The molecule has 4 aromatic heterocycles. The summed E-state index contributed by atoms with van der Waals surface area (Å²) in [6.45, 7) is 28.8. The quantitative estimate of drug-likeness (QED) is 0.0164. The maximum Gasteiger partial charge on any atom is 0.325 e. The minimum atomic E-state index is -0.939. The zero-order valence-electron chi connectivity index (χ0n) is 84.2. The van der Waals surface area contributed by atoms with Crippen molar-refractivity contribution in [1.29, 1.82) is 0 Å². The molecule has 8 aromatic rings. The average molecular weight is 1900 g/mol. The number of rotatable bonds is 44. The number of carboxylic acid groups (broad SMARTS) is 3. The summed E-state index contributed by atoms with van der Waals surface area (Å²) in [5.74, 6) is 1.78. The first-order chi connectivity index (χ1) is 65.2.